The van der Waals surface area contributed by atoms with Gasteiger partial charge < -0.3 is 4.90 Å². The van der Waals surface area contributed by atoms with Crippen molar-refractivity contribution in [1.29, 1.82) is 0 Å². The number of nitrogens with zero attached hydrogens (tertiary/aromatic N) is 2. The van der Waals surface area contributed by atoms with E-state index in [2.05, 4.69) is 4.90 Å². The lowest BCUT2D eigenvalue weighted by atomic mass is 9.89. The second-order valence-electron chi connectivity index (χ2n) is 7.91. The van der Waals surface area contributed by atoms with E-state index in [0.29, 0.717) is 18.7 Å². The van der Waals surface area contributed by atoms with E-state index in [1.807, 2.05) is 0 Å². The number of sulfonamides is 1. The SMILES string of the molecule is Cc1ccc(S(C)(=O)=O)cc1S(=O)(=O)N1CCN(CC2CCCCC2)CC1. The molecule has 1 heterocycles. The van der Waals surface area contributed by atoms with E-state index in [0.717, 1.165) is 31.8 Å². The lowest BCUT2D eigenvalue weighted by Gasteiger charge is -2.36. The number of hydrogen-bond acceptors (Lipinski definition) is 5. The Morgan fingerprint density at radius 1 is 0.963 bits per heavy atom. The van der Waals surface area contributed by atoms with Crippen LogP contribution in [0.25, 0.3) is 0 Å². The largest absolute Gasteiger partial charge is 0.300 e. The first-order valence-electron chi connectivity index (χ1n) is 9.71. The highest BCUT2D eigenvalue weighted by molar-refractivity contribution is 7.91. The molecule has 0 amide bonds. The second kappa shape index (κ2) is 8.19. The average Bonchev–Trinajstić information content (AvgIpc) is 2.62. The molecule has 0 unspecified atom stereocenters. The molecule has 1 saturated carbocycles. The molecule has 0 spiro atoms. The molecular formula is C19H30N2O4S2. The molecule has 152 valence electrons. The molecule has 3 rings (SSSR count). The zero-order valence-corrected chi connectivity index (χ0v) is 17.9. The fourth-order valence-electron chi connectivity index (χ4n) is 4.12. The zero-order chi connectivity index (χ0) is 19.7. The third kappa shape index (κ3) is 4.91. The summed E-state index contributed by atoms with van der Waals surface area (Å²) in [5, 5.41) is 0. The Morgan fingerprint density at radius 3 is 2.19 bits per heavy atom. The van der Waals surface area contributed by atoms with E-state index >= 15 is 0 Å². The van der Waals surface area contributed by atoms with Gasteiger partial charge in [0.1, 0.15) is 0 Å². The molecule has 1 aliphatic heterocycles. The van der Waals surface area contributed by atoms with Crippen molar-refractivity contribution >= 4 is 19.9 Å². The molecule has 1 aliphatic carbocycles. The number of rotatable bonds is 5. The summed E-state index contributed by atoms with van der Waals surface area (Å²) in [6.45, 7) is 5.16. The standard InChI is InChI=1S/C19H30N2O4S2/c1-16-8-9-18(26(2,22)23)14-19(16)27(24,25)21-12-10-20(11-13-21)15-17-6-4-3-5-7-17/h8-9,14,17H,3-7,10-13,15H2,1-2H3. The molecule has 1 aromatic carbocycles. The van der Waals surface area contributed by atoms with Gasteiger partial charge in [-0.15, -0.1) is 0 Å². The molecule has 27 heavy (non-hydrogen) atoms. The van der Waals surface area contributed by atoms with Crippen LogP contribution in [0.1, 0.15) is 37.7 Å². The number of benzene rings is 1. The van der Waals surface area contributed by atoms with E-state index in [-0.39, 0.29) is 9.79 Å². The highest BCUT2D eigenvalue weighted by atomic mass is 32.2. The predicted molar refractivity (Wildman–Crippen MR) is 106 cm³/mol. The fourth-order valence-corrected chi connectivity index (χ4v) is 6.51. The van der Waals surface area contributed by atoms with Crippen molar-refractivity contribution < 1.29 is 16.8 Å². The van der Waals surface area contributed by atoms with Crippen molar-refractivity contribution in [1.82, 2.24) is 9.21 Å². The Morgan fingerprint density at radius 2 is 1.59 bits per heavy atom. The van der Waals surface area contributed by atoms with Gasteiger partial charge in [-0.2, -0.15) is 4.31 Å². The van der Waals surface area contributed by atoms with Gasteiger partial charge in [0.2, 0.25) is 10.0 Å². The van der Waals surface area contributed by atoms with Gasteiger partial charge in [0, 0.05) is 39.0 Å². The van der Waals surface area contributed by atoms with Gasteiger partial charge in [-0.05, 0) is 43.4 Å². The van der Waals surface area contributed by atoms with Gasteiger partial charge in [-0.1, -0.05) is 25.3 Å². The summed E-state index contributed by atoms with van der Waals surface area (Å²) in [6.07, 6.45) is 7.64. The second-order valence-corrected chi connectivity index (χ2v) is 11.8. The lowest BCUT2D eigenvalue weighted by Crippen LogP contribution is -2.49. The predicted octanol–water partition coefficient (Wildman–Crippen LogP) is 2.29. The highest BCUT2D eigenvalue weighted by Crippen LogP contribution is 2.27. The number of piperazine rings is 1. The summed E-state index contributed by atoms with van der Waals surface area (Å²) >= 11 is 0. The summed E-state index contributed by atoms with van der Waals surface area (Å²) in [5.41, 5.74) is 0.576. The number of sulfone groups is 1. The van der Waals surface area contributed by atoms with Crippen LogP contribution in [0.2, 0.25) is 0 Å². The van der Waals surface area contributed by atoms with Crippen molar-refractivity contribution in [3.05, 3.63) is 23.8 Å². The summed E-state index contributed by atoms with van der Waals surface area (Å²) in [4.78, 5) is 2.52. The molecule has 0 N–H and O–H groups in total. The van der Waals surface area contributed by atoms with Gasteiger partial charge in [0.15, 0.2) is 9.84 Å². The average molecular weight is 415 g/mol. The normalized spacial score (nSPS) is 21.4. The molecule has 0 aromatic heterocycles. The minimum atomic E-state index is -3.69. The molecular weight excluding hydrogens is 384 g/mol. The summed E-state index contributed by atoms with van der Waals surface area (Å²) < 4.78 is 51.3. The monoisotopic (exact) mass is 414 g/mol. The van der Waals surface area contributed by atoms with E-state index < -0.39 is 19.9 Å². The Labute approximate surface area is 163 Å². The van der Waals surface area contributed by atoms with Crippen LogP contribution in [-0.2, 0) is 19.9 Å². The molecule has 0 atom stereocenters. The molecule has 1 saturated heterocycles. The summed E-state index contributed by atoms with van der Waals surface area (Å²) in [6, 6.07) is 4.34. The first-order valence-corrected chi connectivity index (χ1v) is 13.0. The van der Waals surface area contributed by atoms with Crippen molar-refractivity contribution in [2.24, 2.45) is 5.92 Å². The van der Waals surface area contributed by atoms with Crippen molar-refractivity contribution in [3.63, 3.8) is 0 Å². The lowest BCUT2D eigenvalue weighted by molar-refractivity contribution is 0.150. The van der Waals surface area contributed by atoms with E-state index in [1.54, 1.807) is 13.0 Å². The molecule has 8 heteroatoms. The Hall–Kier alpha value is -0.960. The zero-order valence-electron chi connectivity index (χ0n) is 16.2. The van der Waals surface area contributed by atoms with Gasteiger partial charge >= 0.3 is 0 Å². The molecule has 1 aromatic rings. The van der Waals surface area contributed by atoms with Crippen molar-refractivity contribution in [2.75, 3.05) is 39.0 Å². The van der Waals surface area contributed by atoms with Crippen LogP contribution < -0.4 is 0 Å². The maximum atomic E-state index is 13.1. The van der Waals surface area contributed by atoms with E-state index in [4.69, 9.17) is 0 Å². The Bertz CT molecular complexity index is 867. The summed E-state index contributed by atoms with van der Waals surface area (Å²) in [7, 11) is -7.14. The maximum absolute atomic E-state index is 13.1. The third-order valence-corrected chi connectivity index (χ3v) is 8.93. The van der Waals surface area contributed by atoms with Crippen molar-refractivity contribution in [3.8, 4) is 0 Å². The first-order chi connectivity index (χ1) is 12.7. The van der Waals surface area contributed by atoms with Crippen molar-refractivity contribution in [2.45, 2.75) is 48.8 Å². The van der Waals surface area contributed by atoms with Crippen LogP contribution >= 0.6 is 0 Å². The molecule has 0 bridgehead atoms. The third-order valence-electron chi connectivity index (χ3n) is 5.78. The number of aryl methyl sites for hydroxylation is 1. The van der Waals surface area contributed by atoms with Gasteiger partial charge in [-0.25, -0.2) is 16.8 Å². The topological polar surface area (TPSA) is 74.8 Å². The highest BCUT2D eigenvalue weighted by Gasteiger charge is 2.31. The Kier molecular flexibility index (Phi) is 6.30. The minimum Gasteiger partial charge on any atom is -0.300 e. The molecule has 6 nitrogen and oxygen atoms in total. The van der Waals surface area contributed by atoms with Crippen LogP contribution in [-0.4, -0.2) is 65.0 Å². The number of hydrogen-bond donors (Lipinski definition) is 0. The van der Waals surface area contributed by atoms with E-state index in [9.17, 15) is 16.8 Å². The first kappa shape index (κ1) is 20.8. The smallest absolute Gasteiger partial charge is 0.243 e. The maximum Gasteiger partial charge on any atom is 0.243 e. The van der Waals surface area contributed by atoms with Crippen LogP contribution in [0, 0.1) is 12.8 Å². The van der Waals surface area contributed by atoms with Crippen LogP contribution in [0.5, 0.6) is 0 Å². The van der Waals surface area contributed by atoms with E-state index in [1.165, 1.54) is 48.5 Å². The summed E-state index contributed by atoms with van der Waals surface area (Å²) in [5.74, 6) is 0.746. The molecule has 0 radical (unpaired) electrons. The molecule has 2 fully saturated rings. The van der Waals surface area contributed by atoms with Crippen LogP contribution in [0.15, 0.2) is 28.0 Å². The quantitative estimate of drug-likeness (QED) is 0.739. The van der Waals surface area contributed by atoms with Gasteiger partial charge in [-0.3, -0.25) is 0 Å². The van der Waals surface area contributed by atoms with Gasteiger partial charge in [0.05, 0.1) is 9.79 Å². The van der Waals surface area contributed by atoms with Crippen LogP contribution in [0.3, 0.4) is 0 Å². The van der Waals surface area contributed by atoms with Gasteiger partial charge in [0.25, 0.3) is 0 Å². The Balaban J connectivity index is 1.70. The fraction of sp³-hybridized carbons (Fsp3) is 0.684. The molecule has 2 aliphatic rings. The van der Waals surface area contributed by atoms with Crippen LogP contribution in [0.4, 0.5) is 0 Å². The minimum absolute atomic E-state index is 0.0441.